The molecule has 1 amide bonds. The lowest BCUT2D eigenvalue weighted by Crippen LogP contribution is -2.22. The van der Waals surface area contributed by atoms with Crippen LogP contribution in [0.1, 0.15) is 0 Å². The predicted octanol–water partition coefficient (Wildman–Crippen LogP) is -0.623. The smallest absolute Gasteiger partial charge is 0.320 e. The summed E-state index contributed by atoms with van der Waals surface area (Å²) in [5.41, 5.74) is 5.02. The highest BCUT2D eigenvalue weighted by Crippen LogP contribution is 2.18. The van der Waals surface area contributed by atoms with Gasteiger partial charge in [-0.05, 0) is 12.1 Å². The van der Waals surface area contributed by atoms with Gasteiger partial charge in [0.25, 0.3) is 5.91 Å². The van der Waals surface area contributed by atoms with Crippen molar-refractivity contribution in [2.24, 2.45) is 5.73 Å². The van der Waals surface area contributed by atoms with Crippen molar-refractivity contribution in [2.75, 3.05) is 17.1 Å². The zero-order valence-corrected chi connectivity index (χ0v) is 10.5. The number of nitrogens with two attached hydrogens (primary N) is 1. The van der Waals surface area contributed by atoms with Crippen LogP contribution < -0.4 is 15.2 Å². The van der Waals surface area contributed by atoms with E-state index in [0.717, 1.165) is 0 Å². The van der Waals surface area contributed by atoms with Gasteiger partial charge in [-0.1, -0.05) is 6.07 Å². The number of carboxylic acid groups (broad SMARTS) is 1. The van der Waals surface area contributed by atoms with Gasteiger partial charge in [-0.2, -0.15) is 0 Å². The Balaban J connectivity index is 2.77. The number of nitrogens with one attached hydrogen (secondary N) is 1. The largest absolute Gasteiger partial charge is 0.484 e. The number of primary amides is 1. The van der Waals surface area contributed by atoms with Crippen LogP contribution in [-0.2, 0) is 19.6 Å². The summed E-state index contributed by atoms with van der Waals surface area (Å²) in [5.74, 6) is -2.95. The van der Waals surface area contributed by atoms with E-state index < -0.39 is 27.7 Å². The first kappa shape index (κ1) is 14.8. The first-order valence-corrected chi connectivity index (χ1v) is 6.67. The first-order chi connectivity index (χ1) is 8.78. The van der Waals surface area contributed by atoms with Gasteiger partial charge in [0.2, 0.25) is 10.0 Å². The lowest BCUT2D eigenvalue weighted by atomic mass is 10.3. The number of benzene rings is 1. The molecule has 0 aliphatic rings. The Bertz CT molecular complexity index is 583. The van der Waals surface area contributed by atoms with Crippen molar-refractivity contribution >= 4 is 27.6 Å². The quantitative estimate of drug-likeness (QED) is 0.611. The van der Waals surface area contributed by atoms with Gasteiger partial charge in [-0.15, -0.1) is 0 Å². The summed E-state index contributed by atoms with van der Waals surface area (Å²) in [4.78, 5) is 20.9. The Kier molecular flexibility index (Phi) is 4.70. The molecule has 0 radical (unpaired) electrons. The lowest BCUT2D eigenvalue weighted by Gasteiger charge is -2.08. The van der Waals surface area contributed by atoms with Crippen LogP contribution >= 0.6 is 0 Å². The van der Waals surface area contributed by atoms with E-state index in [4.69, 9.17) is 15.6 Å². The molecule has 1 rings (SSSR count). The molecule has 0 aromatic heterocycles. The fourth-order valence-corrected chi connectivity index (χ4v) is 2.07. The Labute approximate surface area is 109 Å². The summed E-state index contributed by atoms with van der Waals surface area (Å²) in [6.45, 7) is -0.342. The summed E-state index contributed by atoms with van der Waals surface area (Å²) in [5, 5.41) is 8.43. The van der Waals surface area contributed by atoms with Gasteiger partial charge in [0, 0.05) is 6.07 Å². The number of carbonyl (C=O) groups excluding carboxylic acids is 1. The average molecular weight is 288 g/mol. The third kappa shape index (κ3) is 5.73. The fraction of sp³-hybridized carbons (Fsp3) is 0.200. The molecule has 19 heavy (non-hydrogen) atoms. The maximum Gasteiger partial charge on any atom is 0.320 e. The zero-order chi connectivity index (χ0) is 14.5. The molecule has 0 aliphatic heterocycles. The van der Waals surface area contributed by atoms with Gasteiger partial charge >= 0.3 is 5.97 Å². The Morgan fingerprint density at radius 1 is 1.37 bits per heavy atom. The zero-order valence-electron chi connectivity index (χ0n) is 9.70. The second-order valence-corrected chi connectivity index (χ2v) is 5.26. The molecule has 0 spiro atoms. The minimum absolute atomic E-state index is 0.128. The molecule has 0 aliphatic carbocycles. The molecular weight excluding hydrogens is 276 g/mol. The third-order valence-corrected chi connectivity index (χ3v) is 2.98. The molecular formula is C10H12N2O6S. The van der Waals surface area contributed by atoms with Gasteiger partial charge in [0.05, 0.1) is 5.69 Å². The van der Waals surface area contributed by atoms with Gasteiger partial charge < -0.3 is 15.6 Å². The Morgan fingerprint density at radius 2 is 2.05 bits per heavy atom. The highest BCUT2D eigenvalue weighted by Gasteiger charge is 2.15. The second-order valence-electron chi connectivity index (χ2n) is 3.54. The van der Waals surface area contributed by atoms with Crippen LogP contribution in [0.4, 0.5) is 5.69 Å². The van der Waals surface area contributed by atoms with Gasteiger partial charge in [0.15, 0.2) is 12.4 Å². The minimum atomic E-state index is -3.98. The SMILES string of the molecule is NC(=O)COc1cccc(NS(=O)(=O)CC(=O)O)c1. The van der Waals surface area contributed by atoms with Gasteiger partial charge in [-0.25, -0.2) is 8.42 Å². The molecule has 0 unspecified atom stereocenters. The van der Waals surface area contributed by atoms with Crippen LogP contribution in [0, 0.1) is 0 Å². The molecule has 104 valence electrons. The number of aliphatic carboxylic acids is 1. The number of hydrogen-bond donors (Lipinski definition) is 3. The van der Waals surface area contributed by atoms with E-state index >= 15 is 0 Å². The molecule has 1 aromatic carbocycles. The van der Waals surface area contributed by atoms with Crippen LogP contribution in [0.15, 0.2) is 24.3 Å². The number of carboxylic acids is 1. The van der Waals surface area contributed by atoms with Gasteiger partial charge in [0.1, 0.15) is 5.75 Å². The summed E-state index contributed by atoms with van der Waals surface area (Å²) in [6.07, 6.45) is 0. The normalized spacial score (nSPS) is 10.7. The number of anilines is 1. The van der Waals surface area contributed by atoms with E-state index in [1.165, 1.54) is 24.3 Å². The van der Waals surface area contributed by atoms with Crippen molar-refractivity contribution < 1.29 is 27.9 Å². The van der Waals surface area contributed by atoms with Crippen molar-refractivity contribution in [3.8, 4) is 5.75 Å². The maximum absolute atomic E-state index is 11.4. The molecule has 0 bridgehead atoms. The number of carbonyl (C=O) groups is 2. The molecule has 0 fully saturated rings. The van der Waals surface area contributed by atoms with Crippen molar-refractivity contribution in [3.63, 3.8) is 0 Å². The third-order valence-electron chi connectivity index (χ3n) is 1.80. The molecule has 0 saturated heterocycles. The monoisotopic (exact) mass is 288 g/mol. The molecule has 8 nitrogen and oxygen atoms in total. The molecule has 0 heterocycles. The molecule has 0 atom stereocenters. The van der Waals surface area contributed by atoms with Crippen molar-refractivity contribution in [1.82, 2.24) is 0 Å². The summed E-state index contributed by atoms with van der Waals surface area (Å²) >= 11 is 0. The highest BCUT2D eigenvalue weighted by atomic mass is 32.2. The second kappa shape index (κ2) is 6.05. The van der Waals surface area contributed by atoms with Crippen molar-refractivity contribution in [3.05, 3.63) is 24.3 Å². The number of ether oxygens (including phenoxy) is 1. The molecule has 0 saturated carbocycles. The number of rotatable bonds is 7. The standard InChI is InChI=1S/C10H12N2O6S/c11-9(13)5-18-8-3-1-2-7(4-8)12-19(16,17)6-10(14)15/h1-4,12H,5-6H2,(H2,11,13)(H,14,15). The first-order valence-electron chi connectivity index (χ1n) is 5.02. The Morgan fingerprint density at radius 3 is 2.63 bits per heavy atom. The van der Waals surface area contributed by atoms with Crippen molar-refractivity contribution in [2.45, 2.75) is 0 Å². The maximum atomic E-state index is 11.4. The van der Waals surface area contributed by atoms with Crippen molar-refractivity contribution in [1.29, 1.82) is 0 Å². The summed E-state index contributed by atoms with van der Waals surface area (Å²) in [6, 6.07) is 5.70. The van der Waals surface area contributed by atoms with E-state index in [-0.39, 0.29) is 18.0 Å². The predicted molar refractivity (Wildman–Crippen MR) is 66.2 cm³/mol. The molecule has 4 N–H and O–H groups in total. The van der Waals surface area contributed by atoms with Crippen LogP contribution in [0.2, 0.25) is 0 Å². The van der Waals surface area contributed by atoms with E-state index in [0.29, 0.717) is 0 Å². The topological polar surface area (TPSA) is 136 Å². The van der Waals surface area contributed by atoms with Crippen LogP contribution in [0.3, 0.4) is 0 Å². The minimum Gasteiger partial charge on any atom is -0.484 e. The van der Waals surface area contributed by atoms with E-state index in [9.17, 15) is 18.0 Å². The molecule has 9 heteroatoms. The summed E-state index contributed by atoms with van der Waals surface area (Å²) < 4.78 is 29.8. The summed E-state index contributed by atoms with van der Waals surface area (Å²) in [7, 11) is -3.98. The van der Waals surface area contributed by atoms with Gasteiger partial charge in [-0.3, -0.25) is 14.3 Å². The van der Waals surface area contributed by atoms with E-state index in [2.05, 4.69) is 4.72 Å². The lowest BCUT2D eigenvalue weighted by molar-refractivity contribution is -0.134. The number of amides is 1. The fourth-order valence-electron chi connectivity index (χ4n) is 1.18. The molecule has 1 aromatic rings. The number of hydrogen-bond acceptors (Lipinski definition) is 5. The van der Waals surface area contributed by atoms with Crippen LogP contribution in [-0.4, -0.2) is 37.8 Å². The van der Waals surface area contributed by atoms with Crippen LogP contribution in [0.25, 0.3) is 0 Å². The Hall–Kier alpha value is -2.29. The van der Waals surface area contributed by atoms with Crippen LogP contribution in [0.5, 0.6) is 5.75 Å². The van der Waals surface area contributed by atoms with E-state index in [1.54, 1.807) is 0 Å². The van der Waals surface area contributed by atoms with E-state index in [1.807, 2.05) is 0 Å². The highest BCUT2D eigenvalue weighted by molar-refractivity contribution is 7.93. The average Bonchev–Trinajstić information content (AvgIpc) is 2.24. The number of sulfonamides is 1.